The highest BCUT2D eigenvalue weighted by Crippen LogP contribution is 2.39. The number of anilines is 1. The van der Waals surface area contributed by atoms with Gasteiger partial charge in [-0.25, -0.2) is 0 Å². The van der Waals surface area contributed by atoms with E-state index < -0.39 is 6.36 Å². The summed E-state index contributed by atoms with van der Waals surface area (Å²) in [5.41, 5.74) is 1.33. The normalized spacial score (nSPS) is 21.5. The second-order valence-corrected chi connectivity index (χ2v) is 5.32. The number of hydrogen-bond donors (Lipinski definition) is 1. The molecule has 1 aromatic rings. The van der Waals surface area contributed by atoms with E-state index in [2.05, 4.69) is 15.0 Å². The van der Waals surface area contributed by atoms with E-state index >= 15 is 0 Å². The number of nitrogens with one attached hydrogen (secondary N) is 1. The van der Waals surface area contributed by atoms with E-state index in [9.17, 15) is 13.2 Å². The number of alkyl halides is 3. The molecule has 0 aromatic heterocycles. The lowest BCUT2D eigenvalue weighted by Gasteiger charge is -2.49. The molecule has 0 bridgehead atoms. The van der Waals surface area contributed by atoms with Crippen molar-refractivity contribution in [1.29, 1.82) is 0 Å². The lowest BCUT2D eigenvalue weighted by atomic mass is 9.79. The van der Waals surface area contributed by atoms with Crippen molar-refractivity contribution < 1.29 is 17.9 Å². The van der Waals surface area contributed by atoms with Gasteiger partial charge in [-0.2, -0.15) is 0 Å². The van der Waals surface area contributed by atoms with Crippen molar-refractivity contribution in [2.24, 2.45) is 5.41 Å². The monoisotopic (exact) mass is 272 g/mol. The Morgan fingerprint density at radius 2 is 1.84 bits per heavy atom. The summed E-state index contributed by atoms with van der Waals surface area (Å²) in [4.78, 5) is 2.18. The molecule has 3 nitrogen and oxygen atoms in total. The maximum absolute atomic E-state index is 12.0. The zero-order chi connectivity index (χ0) is 13.5. The number of nitrogens with zero attached hydrogens (tertiary/aromatic N) is 1. The topological polar surface area (TPSA) is 24.5 Å². The van der Waals surface area contributed by atoms with Crippen molar-refractivity contribution in [3.05, 3.63) is 24.3 Å². The van der Waals surface area contributed by atoms with Gasteiger partial charge in [-0.05, 0) is 37.2 Å². The van der Waals surface area contributed by atoms with Crippen molar-refractivity contribution in [3.63, 3.8) is 0 Å². The Kier molecular flexibility index (Phi) is 2.85. The molecule has 0 unspecified atom stereocenters. The second kappa shape index (κ2) is 4.30. The standard InChI is InChI=1S/C13H15F3N2O/c14-13(15,16)19-11-3-1-10(2-4-11)18-8-12(9-18)5-6-17-7-12/h1-4,17H,5-9H2. The molecule has 0 radical (unpaired) electrons. The van der Waals surface area contributed by atoms with Crippen LogP contribution in [0.15, 0.2) is 24.3 Å². The van der Waals surface area contributed by atoms with Crippen LogP contribution in [0.2, 0.25) is 0 Å². The highest BCUT2D eigenvalue weighted by molar-refractivity contribution is 5.52. The number of halogens is 3. The van der Waals surface area contributed by atoms with Crippen LogP contribution in [0.1, 0.15) is 6.42 Å². The van der Waals surface area contributed by atoms with E-state index in [1.165, 1.54) is 18.6 Å². The molecular formula is C13H15F3N2O. The quantitative estimate of drug-likeness (QED) is 0.894. The van der Waals surface area contributed by atoms with Crippen LogP contribution in [-0.2, 0) is 0 Å². The van der Waals surface area contributed by atoms with Gasteiger partial charge in [-0.3, -0.25) is 0 Å². The molecule has 0 atom stereocenters. The summed E-state index contributed by atoms with van der Waals surface area (Å²) >= 11 is 0. The van der Waals surface area contributed by atoms with Gasteiger partial charge < -0.3 is 15.0 Å². The second-order valence-electron chi connectivity index (χ2n) is 5.32. The van der Waals surface area contributed by atoms with Gasteiger partial charge in [0.05, 0.1) is 0 Å². The first-order valence-electron chi connectivity index (χ1n) is 6.27. The van der Waals surface area contributed by atoms with Crippen LogP contribution in [0.3, 0.4) is 0 Å². The van der Waals surface area contributed by atoms with Crippen LogP contribution in [0.4, 0.5) is 18.9 Å². The summed E-state index contributed by atoms with van der Waals surface area (Å²) in [6.07, 6.45) is -3.45. The fourth-order valence-electron chi connectivity index (χ4n) is 2.87. The Hall–Kier alpha value is -1.43. The molecule has 1 aromatic carbocycles. The minimum Gasteiger partial charge on any atom is -0.406 e. The van der Waals surface area contributed by atoms with Crippen LogP contribution in [-0.4, -0.2) is 32.5 Å². The lowest BCUT2D eigenvalue weighted by molar-refractivity contribution is -0.274. The van der Waals surface area contributed by atoms with Gasteiger partial charge in [0.25, 0.3) is 0 Å². The molecular weight excluding hydrogens is 257 g/mol. The van der Waals surface area contributed by atoms with Crippen LogP contribution < -0.4 is 15.0 Å². The fraction of sp³-hybridized carbons (Fsp3) is 0.538. The Morgan fingerprint density at radius 1 is 1.16 bits per heavy atom. The zero-order valence-electron chi connectivity index (χ0n) is 10.3. The molecule has 2 heterocycles. The molecule has 1 spiro atoms. The van der Waals surface area contributed by atoms with Gasteiger partial charge in [0.2, 0.25) is 0 Å². The number of hydrogen-bond acceptors (Lipinski definition) is 3. The SMILES string of the molecule is FC(F)(F)Oc1ccc(N2CC3(CCNC3)C2)cc1. The van der Waals surface area contributed by atoms with Crippen LogP contribution in [0, 0.1) is 5.41 Å². The molecule has 19 heavy (non-hydrogen) atoms. The number of rotatable bonds is 2. The molecule has 2 aliphatic rings. The van der Waals surface area contributed by atoms with Gasteiger partial charge in [0.15, 0.2) is 0 Å². The minimum absolute atomic E-state index is 0.172. The third-order valence-corrected chi connectivity index (χ3v) is 3.82. The minimum atomic E-state index is -4.63. The van der Waals surface area contributed by atoms with E-state index in [0.29, 0.717) is 5.41 Å². The predicted molar refractivity (Wildman–Crippen MR) is 65.3 cm³/mol. The van der Waals surface area contributed by atoms with E-state index in [-0.39, 0.29) is 5.75 Å². The molecule has 2 fully saturated rings. The first-order valence-corrected chi connectivity index (χ1v) is 6.27. The smallest absolute Gasteiger partial charge is 0.406 e. The zero-order valence-corrected chi connectivity index (χ0v) is 10.3. The molecule has 2 saturated heterocycles. The van der Waals surface area contributed by atoms with Crippen LogP contribution in [0.5, 0.6) is 5.75 Å². The summed E-state index contributed by atoms with van der Waals surface area (Å²) in [7, 11) is 0. The molecule has 0 amide bonds. The summed E-state index contributed by atoms with van der Waals surface area (Å²) in [6, 6.07) is 6.08. The molecule has 6 heteroatoms. The van der Waals surface area contributed by atoms with Crippen LogP contribution in [0.25, 0.3) is 0 Å². The van der Waals surface area contributed by atoms with Gasteiger partial charge in [0, 0.05) is 30.7 Å². The first-order chi connectivity index (χ1) is 8.96. The molecule has 0 aliphatic carbocycles. The van der Waals surface area contributed by atoms with Gasteiger partial charge in [-0.1, -0.05) is 0 Å². The number of ether oxygens (including phenoxy) is 1. The molecule has 0 saturated carbocycles. The van der Waals surface area contributed by atoms with Gasteiger partial charge in [0.1, 0.15) is 5.75 Å². The summed E-state index contributed by atoms with van der Waals surface area (Å²) in [5, 5.41) is 3.35. The molecule has 104 valence electrons. The third-order valence-electron chi connectivity index (χ3n) is 3.82. The van der Waals surface area contributed by atoms with E-state index in [0.717, 1.165) is 31.9 Å². The summed E-state index contributed by atoms with van der Waals surface area (Å²) in [6.45, 7) is 4.05. The van der Waals surface area contributed by atoms with E-state index in [4.69, 9.17) is 0 Å². The molecule has 1 N–H and O–H groups in total. The predicted octanol–water partition coefficient (Wildman–Crippen LogP) is 2.38. The average molecular weight is 272 g/mol. The van der Waals surface area contributed by atoms with E-state index in [1.54, 1.807) is 12.1 Å². The Morgan fingerprint density at radius 3 is 2.37 bits per heavy atom. The van der Waals surface area contributed by atoms with Gasteiger partial charge in [-0.15, -0.1) is 13.2 Å². The summed E-state index contributed by atoms with van der Waals surface area (Å²) in [5.74, 6) is -0.172. The third kappa shape index (κ3) is 2.63. The lowest BCUT2D eigenvalue weighted by Crippen LogP contribution is -2.57. The fourth-order valence-corrected chi connectivity index (χ4v) is 2.87. The Labute approximate surface area is 109 Å². The Balaban J connectivity index is 1.61. The maximum Gasteiger partial charge on any atom is 0.573 e. The maximum atomic E-state index is 12.0. The van der Waals surface area contributed by atoms with Crippen LogP contribution >= 0.6 is 0 Å². The molecule has 2 aliphatic heterocycles. The van der Waals surface area contributed by atoms with Crippen molar-refractivity contribution in [2.75, 3.05) is 31.1 Å². The van der Waals surface area contributed by atoms with E-state index in [1.807, 2.05) is 0 Å². The average Bonchev–Trinajstić information content (AvgIpc) is 2.75. The highest BCUT2D eigenvalue weighted by atomic mass is 19.4. The highest BCUT2D eigenvalue weighted by Gasteiger charge is 2.44. The van der Waals surface area contributed by atoms with Gasteiger partial charge >= 0.3 is 6.36 Å². The van der Waals surface area contributed by atoms with Crippen molar-refractivity contribution >= 4 is 5.69 Å². The van der Waals surface area contributed by atoms with Crippen molar-refractivity contribution in [1.82, 2.24) is 5.32 Å². The first kappa shape index (κ1) is 12.6. The Bertz CT molecular complexity index is 444. The van der Waals surface area contributed by atoms with Crippen molar-refractivity contribution in [2.45, 2.75) is 12.8 Å². The number of benzene rings is 1. The largest absolute Gasteiger partial charge is 0.573 e. The van der Waals surface area contributed by atoms with Crippen molar-refractivity contribution in [3.8, 4) is 5.75 Å². The summed E-state index contributed by atoms with van der Waals surface area (Å²) < 4.78 is 40.0. The molecule has 3 rings (SSSR count).